The van der Waals surface area contributed by atoms with Crippen LogP contribution in [0.3, 0.4) is 0 Å². The monoisotopic (exact) mass is 555 g/mol. The Bertz CT molecular complexity index is 1600. The number of nitrogens with zero attached hydrogens (tertiary/aromatic N) is 1. The fourth-order valence-electron chi connectivity index (χ4n) is 4.57. The average molecular weight is 556 g/mol. The zero-order valence-electron chi connectivity index (χ0n) is 23.0. The molecule has 4 rings (SSSR count). The summed E-state index contributed by atoms with van der Waals surface area (Å²) >= 11 is 0. The summed E-state index contributed by atoms with van der Waals surface area (Å²) in [5, 5.41) is 5.82. The van der Waals surface area contributed by atoms with E-state index in [1.54, 1.807) is 48.5 Å². The van der Waals surface area contributed by atoms with Crippen LogP contribution >= 0.6 is 0 Å². The molecular weight excluding hydrogens is 522 g/mol. The minimum atomic E-state index is -3.55. The predicted molar refractivity (Wildman–Crippen MR) is 160 cm³/mol. The summed E-state index contributed by atoms with van der Waals surface area (Å²) in [6.45, 7) is 5.80. The minimum absolute atomic E-state index is 0.134. The number of hydrogen-bond donors (Lipinski definition) is 2. The first-order chi connectivity index (χ1) is 19.0. The van der Waals surface area contributed by atoms with Crippen molar-refractivity contribution < 1.29 is 18.0 Å². The molecule has 0 fully saturated rings. The van der Waals surface area contributed by atoms with Gasteiger partial charge in [-0.3, -0.25) is 13.9 Å². The summed E-state index contributed by atoms with van der Waals surface area (Å²) in [5.74, 6) is -0.674. The summed E-state index contributed by atoms with van der Waals surface area (Å²) in [5.41, 5.74) is 5.23. The standard InChI is InChI=1S/C32H33N3O4S/c1-22-11-10-12-23(2)30(22)35(40(4,38)39)21-25-17-19-27(20-18-25)31(36)34-29-16-9-8-15-28(29)32(37)33-24(3)26-13-6-5-7-14-26/h5-20,24H,21H2,1-4H3,(H,33,37)(H,34,36). The zero-order valence-corrected chi connectivity index (χ0v) is 23.8. The number of anilines is 2. The second-order valence-corrected chi connectivity index (χ2v) is 11.7. The van der Waals surface area contributed by atoms with Crippen LogP contribution in [0, 0.1) is 13.8 Å². The Morgan fingerprint density at radius 1 is 0.775 bits per heavy atom. The van der Waals surface area contributed by atoms with E-state index in [0.717, 1.165) is 22.3 Å². The second-order valence-electron chi connectivity index (χ2n) is 9.81. The number of carbonyl (C=O) groups excluding carboxylic acids is 2. The first-order valence-corrected chi connectivity index (χ1v) is 14.8. The molecule has 1 unspecified atom stereocenters. The fraction of sp³-hybridized carbons (Fsp3) is 0.188. The normalized spacial score (nSPS) is 11.9. The molecule has 0 saturated heterocycles. The number of benzene rings is 4. The fourth-order valence-corrected chi connectivity index (χ4v) is 5.58. The molecule has 0 bridgehead atoms. The Kier molecular flexibility index (Phi) is 8.70. The third-order valence-corrected chi connectivity index (χ3v) is 7.81. The van der Waals surface area contributed by atoms with Gasteiger partial charge in [0, 0.05) is 5.56 Å². The lowest BCUT2D eigenvalue weighted by atomic mass is 10.1. The lowest BCUT2D eigenvalue weighted by Gasteiger charge is -2.26. The van der Waals surface area contributed by atoms with Crippen LogP contribution in [0.2, 0.25) is 0 Å². The lowest BCUT2D eigenvalue weighted by Crippen LogP contribution is -2.30. The van der Waals surface area contributed by atoms with Gasteiger partial charge in [0.25, 0.3) is 11.8 Å². The first kappa shape index (κ1) is 28.6. The van der Waals surface area contributed by atoms with Crippen LogP contribution < -0.4 is 14.9 Å². The van der Waals surface area contributed by atoms with Gasteiger partial charge in [-0.05, 0) is 67.3 Å². The van der Waals surface area contributed by atoms with Gasteiger partial charge in [-0.1, -0.05) is 72.8 Å². The highest BCUT2D eigenvalue weighted by Gasteiger charge is 2.22. The van der Waals surface area contributed by atoms with E-state index in [9.17, 15) is 18.0 Å². The number of hydrogen-bond acceptors (Lipinski definition) is 4. The Morgan fingerprint density at radius 3 is 2.00 bits per heavy atom. The first-order valence-electron chi connectivity index (χ1n) is 12.9. The average Bonchev–Trinajstić information content (AvgIpc) is 2.93. The molecule has 4 aromatic carbocycles. The van der Waals surface area contributed by atoms with Gasteiger partial charge in [-0.25, -0.2) is 8.42 Å². The number of sulfonamides is 1. The van der Waals surface area contributed by atoms with Crippen molar-refractivity contribution in [3.63, 3.8) is 0 Å². The maximum Gasteiger partial charge on any atom is 0.255 e. The predicted octanol–water partition coefficient (Wildman–Crippen LogP) is 6.01. The van der Waals surface area contributed by atoms with Crippen molar-refractivity contribution in [2.75, 3.05) is 15.9 Å². The highest BCUT2D eigenvalue weighted by molar-refractivity contribution is 7.92. The number of aryl methyl sites for hydroxylation is 2. The molecule has 8 heteroatoms. The Labute approximate surface area is 235 Å². The summed E-state index contributed by atoms with van der Waals surface area (Å²) in [4.78, 5) is 26.1. The Balaban J connectivity index is 1.49. The molecule has 0 saturated carbocycles. The van der Waals surface area contributed by atoms with E-state index in [4.69, 9.17) is 0 Å². The third kappa shape index (κ3) is 6.76. The molecule has 2 N–H and O–H groups in total. The van der Waals surface area contributed by atoms with E-state index < -0.39 is 10.0 Å². The second kappa shape index (κ2) is 12.2. The van der Waals surface area contributed by atoms with Crippen LogP contribution in [0.4, 0.5) is 11.4 Å². The topological polar surface area (TPSA) is 95.6 Å². The molecule has 0 aliphatic heterocycles. The van der Waals surface area contributed by atoms with Crippen molar-refractivity contribution in [1.29, 1.82) is 0 Å². The Morgan fingerprint density at radius 2 is 1.38 bits per heavy atom. The van der Waals surface area contributed by atoms with Gasteiger partial charge >= 0.3 is 0 Å². The van der Waals surface area contributed by atoms with E-state index in [0.29, 0.717) is 22.5 Å². The molecule has 4 aromatic rings. The molecule has 0 aliphatic carbocycles. The maximum atomic E-state index is 13.1. The van der Waals surface area contributed by atoms with Crippen LogP contribution in [0.5, 0.6) is 0 Å². The largest absolute Gasteiger partial charge is 0.345 e. The third-order valence-electron chi connectivity index (χ3n) is 6.70. The molecule has 40 heavy (non-hydrogen) atoms. The Hall–Kier alpha value is -4.43. The molecule has 0 aromatic heterocycles. The van der Waals surface area contributed by atoms with Crippen molar-refractivity contribution in [3.8, 4) is 0 Å². The van der Waals surface area contributed by atoms with E-state index >= 15 is 0 Å². The van der Waals surface area contributed by atoms with Gasteiger partial charge in [0.1, 0.15) is 0 Å². The number of rotatable bonds is 9. The summed E-state index contributed by atoms with van der Waals surface area (Å²) in [6, 6.07) is 28.7. The number of carbonyl (C=O) groups is 2. The summed E-state index contributed by atoms with van der Waals surface area (Å²) in [7, 11) is -3.55. The smallest absolute Gasteiger partial charge is 0.255 e. The summed E-state index contributed by atoms with van der Waals surface area (Å²) < 4.78 is 26.8. The van der Waals surface area contributed by atoms with Gasteiger partial charge in [0.15, 0.2) is 0 Å². The van der Waals surface area contributed by atoms with Crippen molar-refractivity contribution in [2.24, 2.45) is 0 Å². The van der Waals surface area contributed by atoms with Gasteiger partial charge < -0.3 is 10.6 Å². The SMILES string of the molecule is Cc1cccc(C)c1N(Cc1ccc(C(=O)Nc2ccccc2C(=O)NC(C)c2ccccc2)cc1)S(C)(=O)=O. The van der Waals surface area contributed by atoms with Crippen LogP contribution in [-0.2, 0) is 16.6 Å². The molecule has 0 radical (unpaired) electrons. The van der Waals surface area contributed by atoms with Crippen LogP contribution in [0.25, 0.3) is 0 Å². The molecule has 1 atom stereocenters. The lowest BCUT2D eigenvalue weighted by molar-refractivity contribution is 0.0940. The molecule has 0 aliphatic rings. The van der Waals surface area contributed by atoms with Gasteiger partial charge in [0.05, 0.1) is 35.8 Å². The molecule has 0 spiro atoms. The summed E-state index contributed by atoms with van der Waals surface area (Å²) in [6.07, 6.45) is 1.19. The quantitative estimate of drug-likeness (QED) is 0.264. The van der Waals surface area contributed by atoms with Crippen molar-refractivity contribution in [1.82, 2.24) is 5.32 Å². The molecule has 2 amide bonds. The van der Waals surface area contributed by atoms with E-state index in [1.807, 2.05) is 69.3 Å². The van der Waals surface area contributed by atoms with E-state index in [-0.39, 0.29) is 24.4 Å². The van der Waals surface area contributed by atoms with E-state index in [1.165, 1.54) is 10.6 Å². The number of amides is 2. The molecular formula is C32H33N3O4S. The minimum Gasteiger partial charge on any atom is -0.345 e. The van der Waals surface area contributed by atoms with Crippen LogP contribution in [0.1, 0.15) is 55.9 Å². The maximum absolute atomic E-state index is 13.1. The van der Waals surface area contributed by atoms with Crippen molar-refractivity contribution in [3.05, 3.63) is 130 Å². The van der Waals surface area contributed by atoms with Gasteiger partial charge in [-0.2, -0.15) is 0 Å². The van der Waals surface area contributed by atoms with Gasteiger partial charge in [-0.15, -0.1) is 0 Å². The van der Waals surface area contributed by atoms with Crippen LogP contribution in [0.15, 0.2) is 97.1 Å². The zero-order chi connectivity index (χ0) is 28.9. The number of para-hydroxylation sites is 2. The molecule has 7 nitrogen and oxygen atoms in total. The van der Waals surface area contributed by atoms with Crippen molar-refractivity contribution >= 4 is 33.2 Å². The highest BCUT2D eigenvalue weighted by Crippen LogP contribution is 2.28. The van der Waals surface area contributed by atoms with E-state index in [2.05, 4.69) is 10.6 Å². The molecule has 0 heterocycles. The molecule has 206 valence electrons. The van der Waals surface area contributed by atoms with Crippen molar-refractivity contribution in [2.45, 2.75) is 33.4 Å². The number of nitrogens with one attached hydrogen (secondary N) is 2. The highest BCUT2D eigenvalue weighted by atomic mass is 32.2. The van der Waals surface area contributed by atoms with Gasteiger partial charge in [0.2, 0.25) is 10.0 Å². The van der Waals surface area contributed by atoms with Crippen LogP contribution in [-0.4, -0.2) is 26.5 Å².